The molecule has 1 amide bonds. The van der Waals surface area contributed by atoms with E-state index >= 15 is 0 Å². The number of ether oxygens (including phenoxy) is 3. The summed E-state index contributed by atoms with van der Waals surface area (Å²) < 4.78 is 16.4. The highest BCUT2D eigenvalue weighted by atomic mass is 32.1. The molecule has 2 aromatic rings. The van der Waals surface area contributed by atoms with E-state index in [4.69, 9.17) is 14.2 Å². The molecule has 166 valence electrons. The summed E-state index contributed by atoms with van der Waals surface area (Å²) in [6.45, 7) is 4.61. The third-order valence-electron chi connectivity index (χ3n) is 4.91. The molecule has 1 aliphatic heterocycles. The van der Waals surface area contributed by atoms with Crippen LogP contribution in [0.3, 0.4) is 0 Å². The second kappa shape index (κ2) is 9.98. The zero-order valence-electron chi connectivity index (χ0n) is 18.1. The molecule has 8 heteroatoms. The number of methoxy groups -OCH3 is 2. The van der Waals surface area contributed by atoms with Crippen molar-refractivity contribution in [3.8, 4) is 11.5 Å². The van der Waals surface area contributed by atoms with Crippen LogP contribution in [0, 0.1) is 0 Å². The molecule has 0 saturated heterocycles. The van der Waals surface area contributed by atoms with Gasteiger partial charge in [-0.25, -0.2) is 0 Å². The molecule has 0 bridgehead atoms. The lowest BCUT2D eigenvalue weighted by molar-refractivity contribution is -0.129. The lowest BCUT2D eigenvalue weighted by Gasteiger charge is -2.27. The second-order valence-electron chi connectivity index (χ2n) is 7.39. The maximum Gasteiger partial charge on any atom is 0.290 e. The molecule has 0 aliphatic carbocycles. The number of carbonyl (C=O) groups is 2. The predicted molar refractivity (Wildman–Crippen MR) is 118 cm³/mol. The van der Waals surface area contributed by atoms with E-state index in [0.717, 1.165) is 0 Å². The summed E-state index contributed by atoms with van der Waals surface area (Å²) in [5.41, 5.74) is 0.729. The summed E-state index contributed by atoms with van der Waals surface area (Å²) in [6, 6.07) is 8.01. The minimum absolute atomic E-state index is 0.0433. The molecule has 1 aromatic heterocycles. The fourth-order valence-corrected chi connectivity index (χ4v) is 4.27. The van der Waals surface area contributed by atoms with Gasteiger partial charge in [0.25, 0.3) is 5.91 Å². The van der Waals surface area contributed by atoms with Crippen LogP contribution in [0.2, 0.25) is 0 Å². The van der Waals surface area contributed by atoms with Gasteiger partial charge in [0.2, 0.25) is 5.78 Å². The number of carbonyl (C=O) groups excluding carboxylic acids is 2. The number of aliphatic hydroxyl groups is 1. The molecule has 0 radical (unpaired) electrons. The van der Waals surface area contributed by atoms with Crippen molar-refractivity contribution in [2.24, 2.45) is 0 Å². The summed E-state index contributed by atoms with van der Waals surface area (Å²) in [6.07, 6.45) is 0.524. The number of thiophene rings is 1. The minimum Gasteiger partial charge on any atom is -0.503 e. The van der Waals surface area contributed by atoms with Crippen LogP contribution >= 0.6 is 11.3 Å². The van der Waals surface area contributed by atoms with E-state index in [9.17, 15) is 14.7 Å². The quantitative estimate of drug-likeness (QED) is 0.437. The van der Waals surface area contributed by atoms with Gasteiger partial charge in [-0.3, -0.25) is 9.59 Å². The Labute approximate surface area is 185 Å². The Kier molecular flexibility index (Phi) is 7.35. The van der Waals surface area contributed by atoms with Crippen LogP contribution in [0.15, 0.2) is 47.0 Å². The van der Waals surface area contributed by atoms with Gasteiger partial charge in [0.05, 0.1) is 29.7 Å². The van der Waals surface area contributed by atoms with Crippen molar-refractivity contribution in [3.05, 3.63) is 57.5 Å². The minimum atomic E-state index is -0.735. The summed E-state index contributed by atoms with van der Waals surface area (Å²) in [7, 11) is 3.12. The van der Waals surface area contributed by atoms with Gasteiger partial charge in [0.1, 0.15) is 0 Å². The fraction of sp³-hybridized carbons (Fsp3) is 0.391. The zero-order valence-corrected chi connectivity index (χ0v) is 18.9. The Morgan fingerprint density at radius 2 is 2.00 bits per heavy atom. The predicted octanol–water partition coefficient (Wildman–Crippen LogP) is 4.16. The standard InChI is InChI=1S/C23H27NO6S/c1-14(2)30-16-9-8-15(13-17(16)29-4)20-19(21(25)18-7-5-12-31-18)22(26)23(27)24(20)10-6-11-28-3/h5,7-9,12-14,20,26H,6,10-11H2,1-4H3. The Hall–Kier alpha value is -2.84. The highest BCUT2D eigenvalue weighted by molar-refractivity contribution is 7.12. The first-order valence-corrected chi connectivity index (χ1v) is 10.9. The lowest BCUT2D eigenvalue weighted by atomic mass is 9.95. The van der Waals surface area contributed by atoms with Gasteiger partial charge in [0, 0.05) is 20.3 Å². The van der Waals surface area contributed by atoms with E-state index in [2.05, 4.69) is 0 Å². The Bertz CT molecular complexity index is 966. The Balaban J connectivity index is 2.06. The molecular formula is C23H27NO6S. The molecule has 3 rings (SSSR count). The van der Waals surface area contributed by atoms with Gasteiger partial charge in [-0.1, -0.05) is 12.1 Å². The average molecular weight is 446 g/mol. The molecule has 1 atom stereocenters. The van der Waals surface area contributed by atoms with E-state index in [0.29, 0.717) is 41.5 Å². The number of rotatable bonds is 10. The molecule has 7 nitrogen and oxygen atoms in total. The van der Waals surface area contributed by atoms with Crippen LogP contribution in [0.4, 0.5) is 0 Å². The highest BCUT2D eigenvalue weighted by Crippen LogP contribution is 2.42. The van der Waals surface area contributed by atoms with Gasteiger partial charge >= 0.3 is 0 Å². The van der Waals surface area contributed by atoms with Crippen LogP contribution in [0.1, 0.15) is 41.5 Å². The van der Waals surface area contributed by atoms with Gasteiger partial charge in [-0.2, -0.15) is 0 Å². The van der Waals surface area contributed by atoms with E-state index in [1.165, 1.54) is 23.3 Å². The van der Waals surface area contributed by atoms with Crippen LogP contribution in [0.5, 0.6) is 11.5 Å². The number of nitrogens with zero attached hydrogens (tertiary/aromatic N) is 1. The molecule has 31 heavy (non-hydrogen) atoms. The van der Waals surface area contributed by atoms with Crippen LogP contribution in [0.25, 0.3) is 0 Å². The first kappa shape index (κ1) is 22.8. The van der Waals surface area contributed by atoms with Crippen molar-refractivity contribution in [1.82, 2.24) is 4.90 Å². The number of aliphatic hydroxyl groups excluding tert-OH is 1. The molecule has 0 spiro atoms. The zero-order chi connectivity index (χ0) is 22.5. The van der Waals surface area contributed by atoms with Crippen LogP contribution < -0.4 is 9.47 Å². The topological polar surface area (TPSA) is 85.3 Å². The van der Waals surface area contributed by atoms with Gasteiger partial charge < -0.3 is 24.2 Å². The monoisotopic (exact) mass is 445 g/mol. The summed E-state index contributed by atoms with van der Waals surface area (Å²) >= 11 is 1.27. The SMILES string of the molecule is COCCCN1C(=O)C(O)=C(C(=O)c2cccs2)C1c1ccc(OC(C)C)c(OC)c1. The van der Waals surface area contributed by atoms with Crippen LogP contribution in [-0.4, -0.2) is 55.2 Å². The average Bonchev–Trinajstić information content (AvgIpc) is 3.36. The third kappa shape index (κ3) is 4.75. The Morgan fingerprint density at radius 1 is 1.23 bits per heavy atom. The maximum atomic E-state index is 13.2. The summed E-state index contributed by atoms with van der Waals surface area (Å²) in [4.78, 5) is 28.1. The van der Waals surface area contributed by atoms with Gasteiger partial charge in [-0.15, -0.1) is 11.3 Å². The van der Waals surface area contributed by atoms with E-state index in [1.54, 1.807) is 42.8 Å². The van der Waals surface area contributed by atoms with Crippen molar-refractivity contribution in [1.29, 1.82) is 0 Å². The lowest BCUT2D eigenvalue weighted by Crippen LogP contribution is -2.32. The molecule has 1 unspecified atom stereocenters. The number of benzene rings is 1. The smallest absolute Gasteiger partial charge is 0.290 e. The van der Waals surface area contributed by atoms with Crippen LogP contribution in [-0.2, 0) is 9.53 Å². The molecule has 0 saturated carbocycles. The normalized spacial score (nSPS) is 16.4. The van der Waals surface area contributed by atoms with E-state index in [-0.39, 0.29) is 17.5 Å². The number of amides is 1. The van der Waals surface area contributed by atoms with E-state index in [1.807, 2.05) is 13.8 Å². The maximum absolute atomic E-state index is 13.2. The van der Waals surface area contributed by atoms with E-state index < -0.39 is 17.7 Å². The Morgan fingerprint density at radius 3 is 2.61 bits per heavy atom. The first-order chi connectivity index (χ1) is 14.9. The van der Waals surface area contributed by atoms with Crippen molar-refractivity contribution in [2.45, 2.75) is 32.4 Å². The number of hydrogen-bond acceptors (Lipinski definition) is 7. The highest BCUT2D eigenvalue weighted by Gasteiger charge is 2.44. The molecule has 1 N–H and O–H groups in total. The molecule has 1 aliphatic rings. The van der Waals surface area contributed by atoms with Gasteiger partial charge in [0.15, 0.2) is 17.3 Å². The summed E-state index contributed by atoms with van der Waals surface area (Å²) in [5.74, 6) is -0.382. The number of hydrogen-bond donors (Lipinski definition) is 1. The first-order valence-electron chi connectivity index (χ1n) is 10.0. The molecular weight excluding hydrogens is 418 g/mol. The number of Topliss-reactive ketones (excluding diaryl/α,β-unsaturated/α-hetero) is 1. The molecule has 1 aromatic carbocycles. The molecule has 0 fully saturated rings. The fourth-order valence-electron chi connectivity index (χ4n) is 3.59. The number of ketones is 1. The van der Waals surface area contributed by atoms with Gasteiger partial charge in [-0.05, 0) is 49.4 Å². The van der Waals surface area contributed by atoms with Crippen molar-refractivity contribution < 1.29 is 28.9 Å². The largest absolute Gasteiger partial charge is 0.503 e. The summed E-state index contributed by atoms with van der Waals surface area (Å²) in [5, 5.41) is 12.5. The van der Waals surface area contributed by atoms with Crippen molar-refractivity contribution in [3.63, 3.8) is 0 Å². The van der Waals surface area contributed by atoms with Crippen molar-refractivity contribution in [2.75, 3.05) is 27.4 Å². The third-order valence-corrected chi connectivity index (χ3v) is 5.78. The second-order valence-corrected chi connectivity index (χ2v) is 8.34. The van der Waals surface area contributed by atoms with Crippen molar-refractivity contribution >= 4 is 23.0 Å². The molecule has 2 heterocycles.